The van der Waals surface area contributed by atoms with E-state index in [2.05, 4.69) is 43.5 Å². The molecular weight excluding hydrogens is 649 g/mol. The molecule has 11 nitrogen and oxygen atoms in total. The highest BCUT2D eigenvalue weighted by Gasteiger charge is 2.28. The molecule has 0 heterocycles. The van der Waals surface area contributed by atoms with Crippen LogP contribution in [0.25, 0.3) is 0 Å². The predicted molar refractivity (Wildman–Crippen MR) is 194 cm³/mol. The predicted octanol–water partition coefficient (Wildman–Crippen LogP) is 8.72. The van der Waals surface area contributed by atoms with Gasteiger partial charge in [0.2, 0.25) is 5.91 Å². The number of carboxylic acids is 1. The molecule has 0 radical (unpaired) electrons. The van der Waals surface area contributed by atoms with E-state index in [0.29, 0.717) is 12.8 Å². The fourth-order valence-corrected chi connectivity index (χ4v) is 5.76. The van der Waals surface area contributed by atoms with Crippen LogP contribution in [0.4, 0.5) is 0 Å². The zero-order valence-electron chi connectivity index (χ0n) is 30.5. The highest BCUT2D eigenvalue weighted by Crippen LogP contribution is 2.43. The lowest BCUT2D eigenvalue weighted by molar-refractivity contribution is -0.147. The van der Waals surface area contributed by atoms with Crippen molar-refractivity contribution in [3.8, 4) is 0 Å². The Morgan fingerprint density at radius 1 is 0.653 bits per heavy atom. The number of carbonyl (C=O) groups is 3. The van der Waals surface area contributed by atoms with Gasteiger partial charge in [-0.1, -0.05) is 128 Å². The van der Waals surface area contributed by atoms with Crippen LogP contribution >= 0.6 is 7.82 Å². The molecule has 0 aromatic carbocycles. The van der Waals surface area contributed by atoms with Gasteiger partial charge >= 0.3 is 19.8 Å². The van der Waals surface area contributed by atoms with E-state index < -0.39 is 57.6 Å². The minimum atomic E-state index is -4.74. The Morgan fingerprint density at radius 2 is 1.12 bits per heavy atom. The monoisotopic (exact) mass is 717 g/mol. The molecule has 3 atom stereocenters. The lowest BCUT2D eigenvalue weighted by Crippen LogP contribution is -2.43. The van der Waals surface area contributed by atoms with Gasteiger partial charge in [0, 0.05) is 12.8 Å². The second-order valence-electron chi connectivity index (χ2n) is 12.8. The van der Waals surface area contributed by atoms with Crippen LogP contribution in [0, 0.1) is 0 Å². The van der Waals surface area contributed by atoms with E-state index in [4.69, 9.17) is 13.8 Å². The average Bonchev–Trinajstić information content (AvgIpc) is 3.07. The average molecular weight is 718 g/mol. The van der Waals surface area contributed by atoms with Crippen molar-refractivity contribution in [3.63, 3.8) is 0 Å². The number of nitrogens with one attached hydrogen (secondary N) is 1. The molecule has 0 rings (SSSR count). The normalized spacial score (nSPS) is 14.2. The number of unbranched alkanes of at least 4 members (excludes halogenated alkanes) is 17. The summed E-state index contributed by atoms with van der Waals surface area (Å²) < 4.78 is 26.6. The molecule has 1 amide bonds. The number of ether oxygens (including phenoxy) is 1. The van der Waals surface area contributed by atoms with Gasteiger partial charge in [0.1, 0.15) is 12.7 Å². The van der Waals surface area contributed by atoms with Gasteiger partial charge in [0.15, 0.2) is 6.04 Å². The molecule has 286 valence electrons. The maximum atomic E-state index is 12.3. The SMILES string of the molecule is CCCCC/C=C\C/C=C\CCCCCCCCCCCC(=O)NC(COP(=O)(O)OCC(O)COC(=O)CCCCCCCC)C(=O)O. The molecule has 0 saturated heterocycles. The van der Waals surface area contributed by atoms with E-state index in [1.807, 2.05) is 0 Å². The number of hydrogen-bond acceptors (Lipinski definition) is 8. The molecule has 3 unspecified atom stereocenters. The molecule has 0 aliphatic carbocycles. The first-order valence-corrected chi connectivity index (χ1v) is 20.4. The Morgan fingerprint density at radius 3 is 1.69 bits per heavy atom. The summed E-state index contributed by atoms with van der Waals surface area (Å²) in [6.07, 6.45) is 31.0. The number of rotatable bonds is 35. The van der Waals surface area contributed by atoms with Crippen molar-refractivity contribution in [2.75, 3.05) is 19.8 Å². The molecule has 0 bridgehead atoms. The minimum absolute atomic E-state index is 0.142. The maximum Gasteiger partial charge on any atom is 0.472 e. The van der Waals surface area contributed by atoms with Gasteiger partial charge < -0.3 is 25.2 Å². The number of aliphatic hydroxyl groups is 1. The summed E-state index contributed by atoms with van der Waals surface area (Å²) in [4.78, 5) is 45.5. The highest BCUT2D eigenvalue weighted by atomic mass is 31.2. The van der Waals surface area contributed by atoms with Crippen molar-refractivity contribution >= 4 is 25.7 Å². The standard InChI is InChI=1S/C37H68NO10P/c1-3-5-7-9-11-12-13-14-15-16-17-18-19-20-21-22-23-24-26-28-35(40)38-34(37(42)43)32-48-49(44,45)47-31-33(39)30-46-36(41)29-27-25-10-8-6-4-2/h11-12,14-15,33-34,39H,3-10,13,16-32H2,1-2H3,(H,38,40)(H,42,43)(H,44,45)/b12-11-,15-14-. The number of carbonyl (C=O) groups excluding carboxylic acids is 2. The topological polar surface area (TPSA) is 169 Å². The molecule has 12 heteroatoms. The summed E-state index contributed by atoms with van der Waals surface area (Å²) in [5.74, 6) is -2.39. The van der Waals surface area contributed by atoms with Crippen molar-refractivity contribution in [2.45, 2.75) is 174 Å². The van der Waals surface area contributed by atoms with E-state index in [9.17, 15) is 34.1 Å². The van der Waals surface area contributed by atoms with Crippen LogP contribution in [0.3, 0.4) is 0 Å². The lowest BCUT2D eigenvalue weighted by Gasteiger charge is -2.18. The van der Waals surface area contributed by atoms with Crippen LogP contribution < -0.4 is 5.32 Å². The van der Waals surface area contributed by atoms with Gasteiger partial charge in [0.05, 0.1) is 13.2 Å². The third kappa shape index (κ3) is 32.9. The van der Waals surface area contributed by atoms with E-state index in [0.717, 1.165) is 64.2 Å². The number of hydrogen-bond donors (Lipinski definition) is 4. The second-order valence-corrected chi connectivity index (χ2v) is 14.2. The van der Waals surface area contributed by atoms with Gasteiger partial charge in [-0.15, -0.1) is 0 Å². The number of aliphatic hydroxyl groups excluding tert-OH is 1. The fourth-order valence-electron chi connectivity index (χ4n) is 4.99. The van der Waals surface area contributed by atoms with Crippen molar-refractivity contribution in [3.05, 3.63) is 24.3 Å². The number of phosphoric ester groups is 1. The number of esters is 1. The quantitative estimate of drug-likeness (QED) is 0.0215. The van der Waals surface area contributed by atoms with Crippen LogP contribution in [-0.4, -0.2) is 64.9 Å². The van der Waals surface area contributed by atoms with E-state index in [-0.39, 0.29) is 12.8 Å². The van der Waals surface area contributed by atoms with Crippen LogP contribution in [-0.2, 0) is 32.7 Å². The van der Waals surface area contributed by atoms with Crippen LogP contribution in [0.1, 0.15) is 162 Å². The zero-order valence-corrected chi connectivity index (χ0v) is 31.4. The first-order chi connectivity index (χ1) is 23.6. The third-order valence-electron chi connectivity index (χ3n) is 7.99. The van der Waals surface area contributed by atoms with Crippen molar-refractivity contribution < 1.29 is 47.8 Å². The molecule has 0 aliphatic heterocycles. The molecule has 49 heavy (non-hydrogen) atoms. The summed E-state index contributed by atoms with van der Waals surface area (Å²) in [6.45, 7) is 2.46. The van der Waals surface area contributed by atoms with Gasteiger partial charge in [-0.3, -0.25) is 18.6 Å². The summed E-state index contributed by atoms with van der Waals surface area (Å²) >= 11 is 0. The summed E-state index contributed by atoms with van der Waals surface area (Å²) in [6, 6.07) is -1.54. The molecule has 0 fully saturated rings. The zero-order chi connectivity index (χ0) is 36.4. The summed E-state index contributed by atoms with van der Waals surface area (Å²) in [5.41, 5.74) is 0. The Balaban J connectivity index is 3.93. The van der Waals surface area contributed by atoms with Crippen LogP contribution in [0.2, 0.25) is 0 Å². The molecule has 0 aromatic heterocycles. The number of aliphatic carboxylic acids is 1. The van der Waals surface area contributed by atoms with E-state index in [1.165, 1.54) is 57.8 Å². The van der Waals surface area contributed by atoms with Crippen molar-refractivity contribution in [1.82, 2.24) is 5.32 Å². The van der Waals surface area contributed by atoms with Crippen LogP contribution in [0.5, 0.6) is 0 Å². The van der Waals surface area contributed by atoms with E-state index in [1.54, 1.807) is 0 Å². The van der Waals surface area contributed by atoms with Gasteiger partial charge in [-0.05, 0) is 44.9 Å². The number of carboxylic acid groups (broad SMARTS) is 1. The van der Waals surface area contributed by atoms with Gasteiger partial charge in [-0.25, -0.2) is 9.36 Å². The Kier molecular flexibility index (Phi) is 31.7. The highest BCUT2D eigenvalue weighted by molar-refractivity contribution is 7.47. The third-order valence-corrected chi connectivity index (χ3v) is 8.94. The number of amides is 1. The largest absolute Gasteiger partial charge is 0.480 e. The lowest BCUT2D eigenvalue weighted by atomic mass is 10.1. The Labute approximate surface area is 296 Å². The molecule has 0 aromatic rings. The Hall–Kier alpha value is -2.04. The van der Waals surface area contributed by atoms with E-state index >= 15 is 0 Å². The Bertz CT molecular complexity index is 942. The molecule has 0 saturated carbocycles. The van der Waals surface area contributed by atoms with Crippen molar-refractivity contribution in [1.29, 1.82) is 0 Å². The number of phosphoric acid groups is 1. The maximum absolute atomic E-state index is 12.3. The van der Waals surface area contributed by atoms with Crippen molar-refractivity contribution in [2.24, 2.45) is 0 Å². The molecule has 0 aliphatic rings. The first kappa shape index (κ1) is 47.0. The smallest absolute Gasteiger partial charge is 0.472 e. The number of allylic oxidation sites excluding steroid dienone is 4. The summed E-state index contributed by atoms with van der Waals surface area (Å²) in [5, 5.41) is 21.6. The molecule has 0 spiro atoms. The first-order valence-electron chi connectivity index (χ1n) is 18.9. The molecule has 4 N–H and O–H groups in total. The van der Waals surface area contributed by atoms with Gasteiger partial charge in [-0.2, -0.15) is 0 Å². The van der Waals surface area contributed by atoms with Crippen LogP contribution in [0.15, 0.2) is 24.3 Å². The molecular formula is C37H68NO10P. The summed E-state index contributed by atoms with van der Waals surface area (Å²) in [7, 11) is -4.74. The minimum Gasteiger partial charge on any atom is -0.480 e. The second kappa shape index (κ2) is 33.1. The van der Waals surface area contributed by atoms with Gasteiger partial charge in [0.25, 0.3) is 0 Å². The fraction of sp³-hybridized carbons (Fsp3) is 0.811.